The zero-order chi connectivity index (χ0) is 30.7. The molecular weight excluding hydrogens is 655 g/mol. The first kappa shape index (κ1) is 40.8. The SMILES string of the molecule is COc1cccc([Si](c2cc(C)cc(C)c2)(c2cc(C(C)(C)C)cc(C(C)(C)C)c2)C2(C)C(C)=C(C)C(C)=[C]2[Ti+3])c1.[Cl-].[Cl-].[Cl-]. The van der Waals surface area contributed by atoms with Crippen LogP contribution in [-0.4, -0.2) is 15.2 Å². The molecule has 0 heterocycles. The molecule has 0 aromatic heterocycles. The molecule has 0 saturated carbocycles. The van der Waals surface area contributed by atoms with Crippen LogP contribution in [0.1, 0.15) is 91.5 Å². The molecule has 3 aromatic rings. The number of ether oxygens (including phenoxy) is 1. The van der Waals surface area contributed by atoms with Crippen molar-refractivity contribution >= 4 is 23.6 Å². The van der Waals surface area contributed by atoms with Crippen LogP contribution in [0.4, 0.5) is 0 Å². The van der Waals surface area contributed by atoms with Gasteiger partial charge < -0.3 is 37.2 Å². The number of allylic oxidation sites excluding steroid dienone is 4. The summed E-state index contributed by atoms with van der Waals surface area (Å²) in [6.07, 6.45) is 0. The summed E-state index contributed by atoms with van der Waals surface area (Å²) in [5, 5.41) is 4.19. The van der Waals surface area contributed by atoms with Gasteiger partial charge in [-0.2, -0.15) is 0 Å². The van der Waals surface area contributed by atoms with Gasteiger partial charge in [-0.15, -0.1) is 0 Å². The van der Waals surface area contributed by atoms with Gasteiger partial charge in [-0.25, -0.2) is 0 Å². The van der Waals surface area contributed by atoms with E-state index in [0.29, 0.717) is 0 Å². The van der Waals surface area contributed by atoms with E-state index in [-0.39, 0.29) is 53.1 Å². The van der Waals surface area contributed by atoms with Gasteiger partial charge >= 0.3 is 264 Å². The fourth-order valence-corrected chi connectivity index (χ4v) is 14.8. The first-order chi connectivity index (χ1) is 18.9. The van der Waals surface area contributed by atoms with Crippen molar-refractivity contribution in [2.45, 2.75) is 99.0 Å². The number of halogens is 3. The third-order valence-corrected chi connectivity index (χ3v) is 17.1. The van der Waals surface area contributed by atoms with E-state index in [1.54, 1.807) is 7.11 Å². The number of methoxy groups -OCH3 is 1. The monoisotopic (exact) mass is 702 g/mol. The maximum Gasteiger partial charge on any atom is -1.00 e. The van der Waals surface area contributed by atoms with E-state index in [9.17, 15) is 0 Å². The Bertz CT molecular complexity index is 1500. The summed E-state index contributed by atoms with van der Waals surface area (Å²) in [5.74, 6) is 0.921. The maximum atomic E-state index is 5.91. The van der Waals surface area contributed by atoms with E-state index in [1.165, 1.54) is 58.4 Å². The van der Waals surface area contributed by atoms with Crippen LogP contribution in [0.15, 0.2) is 81.3 Å². The summed E-state index contributed by atoms with van der Waals surface area (Å²) in [5.41, 5.74) is 9.87. The summed E-state index contributed by atoms with van der Waals surface area (Å²) >= 11 is 2.40. The molecule has 236 valence electrons. The molecule has 0 bridgehead atoms. The van der Waals surface area contributed by atoms with Gasteiger partial charge in [-0.1, -0.05) is 0 Å². The Morgan fingerprint density at radius 3 is 1.52 bits per heavy atom. The number of aryl methyl sites for hydroxylation is 2. The zero-order valence-electron chi connectivity index (χ0n) is 28.8. The minimum atomic E-state index is -2.85. The van der Waals surface area contributed by atoms with Gasteiger partial charge in [0.05, 0.1) is 0 Å². The first-order valence-corrected chi connectivity index (χ1v) is 17.7. The maximum absolute atomic E-state index is 5.91. The van der Waals surface area contributed by atoms with Crippen molar-refractivity contribution in [1.82, 2.24) is 0 Å². The molecule has 1 aliphatic carbocycles. The van der Waals surface area contributed by atoms with Crippen LogP contribution in [0.2, 0.25) is 5.04 Å². The molecule has 0 saturated heterocycles. The Labute approximate surface area is 299 Å². The average Bonchev–Trinajstić information content (AvgIpc) is 3.03. The van der Waals surface area contributed by atoms with Gasteiger partial charge in [0.1, 0.15) is 0 Å². The molecule has 2 unspecified atom stereocenters. The van der Waals surface area contributed by atoms with Crippen molar-refractivity contribution in [2.75, 3.05) is 7.11 Å². The van der Waals surface area contributed by atoms with Crippen molar-refractivity contribution in [3.8, 4) is 5.75 Å². The third-order valence-electron chi connectivity index (χ3n) is 9.76. The Morgan fingerprint density at radius 1 is 0.636 bits per heavy atom. The largest absolute Gasteiger partial charge is 1.00 e. The van der Waals surface area contributed by atoms with Crippen molar-refractivity contribution in [3.63, 3.8) is 0 Å². The van der Waals surface area contributed by atoms with Gasteiger partial charge in [0.25, 0.3) is 0 Å². The number of hydrogen-bond acceptors (Lipinski definition) is 1. The molecule has 0 aliphatic heterocycles. The second kappa shape index (κ2) is 14.2. The molecule has 0 spiro atoms. The van der Waals surface area contributed by atoms with Crippen molar-refractivity contribution in [1.29, 1.82) is 0 Å². The van der Waals surface area contributed by atoms with Crippen LogP contribution >= 0.6 is 0 Å². The molecule has 4 rings (SSSR count). The molecule has 3 aromatic carbocycles. The standard InChI is InChI=1S/C38H49OSi.3ClH.Ti/c1-25-17-26(2)19-34(18-25)40(33-16-14-15-32(23-33)39-13,38(12)24-27(3)28(4)29(38)5)35-21-30(36(6,7)8)20-31(22-35)37(9,10)11;;;;/h14-23H,1-13H3;3*1H;/q;;;;+3/p-3. The van der Waals surface area contributed by atoms with Gasteiger partial charge in [0.2, 0.25) is 0 Å². The quantitative estimate of drug-likeness (QED) is 0.253. The molecule has 1 aliphatic rings. The molecule has 0 fully saturated rings. The zero-order valence-corrected chi connectivity index (χ0v) is 33.6. The van der Waals surface area contributed by atoms with Crippen LogP contribution in [0.5, 0.6) is 5.75 Å². The van der Waals surface area contributed by atoms with Crippen LogP contribution in [-0.2, 0) is 31.3 Å². The van der Waals surface area contributed by atoms with E-state index in [1.807, 2.05) is 0 Å². The van der Waals surface area contributed by atoms with E-state index in [0.717, 1.165) is 5.75 Å². The average molecular weight is 704 g/mol. The first-order valence-electron chi connectivity index (χ1n) is 14.9. The normalized spacial score (nSPS) is 18.2. The smallest absolute Gasteiger partial charge is 1.00 e. The van der Waals surface area contributed by atoms with E-state index in [4.69, 9.17) is 4.74 Å². The van der Waals surface area contributed by atoms with Crippen molar-refractivity contribution in [2.24, 2.45) is 0 Å². The Kier molecular flexibility index (Phi) is 13.2. The second-order valence-corrected chi connectivity index (χ2v) is 19.5. The molecule has 1 nitrogen and oxygen atoms in total. The molecule has 44 heavy (non-hydrogen) atoms. The van der Waals surface area contributed by atoms with Gasteiger partial charge in [0.15, 0.2) is 0 Å². The third kappa shape index (κ3) is 6.74. The van der Waals surface area contributed by atoms with Crippen LogP contribution in [0.25, 0.3) is 0 Å². The summed E-state index contributed by atoms with van der Waals surface area (Å²) < 4.78 is 7.41. The van der Waals surface area contributed by atoms with Crippen LogP contribution in [0.3, 0.4) is 0 Å². The Balaban J connectivity index is 0.00000323. The minimum absolute atomic E-state index is 0. The van der Waals surface area contributed by atoms with Gasteiger partial charge in [0, 0.05) is 0 Å². The van der Waals surface area contributed by atoms with Crippen LogP contribution in [0, 0.1) is 13.8 Å². The number of benzene rings is 3. The summed E-state index contributed by atoms with van der Waals surface area (Å²) in [6, 6.07) is 24.0. The molecule has 0 N–H and O–H groups in total. The molecule has 6 heteroatoms. The predicted molar refractivity (Wildman–Crippen MR) is 177 cm³/mol. The van der Waals surface area contributed by atoms with Crippen molar-refractivity contribution < 1.29 is 62.4 Å². The second-order valence-electron chi connectivity index (χ2n) is 14.5. The molecule has 0 radical (unpaired) electrons. The molecule has 0 amide bonds. The van der Waals surface area contributed by atoms with Crippen LogP contribution < -0.4 is 57.5 Å². The van der Waals surface area contributed by atoms with E-state index < -0.39 is 8.07 Å². The Morgan fingerprint density at radius 2 is 1.11 bits per heavy atom. The van der Waals surface area contributed by atoms with E-state index in [2.05, 4.69) is 164 Å². The van der Waals surface area contributed by atoms with Gasteiger partial charge in [-0.05, 0) is 0 Å². The fraction of sp³-hybridized carbons (Fsp3) is 0.421. The summed E-state index contributed by atoms with van der Waals surface area (Å²) in [6.45, 7) is 28.3. The molecule has 2 atom stereocenters. The van der Waals surface area contributed by atoms with E-state index >= 15 is 0 Å². The van der Waals surface area contributed by atoms with Gasteiger partial charge in [-0.3, -0.25) is 0 Å². The Hall–Kier alpha value is -1.26. The topological polar surface area (TPSA) is 9.23 Å². The number of hydrogen-bond donors (Lipinski definition) is 0. The molecular formula is C38H49Cl3OSiTi. The summed E-state index contributed by atoms with van der Waals surface area (Å²) in [7, 11) is -1.06. The van der Waals surface area contributed by atoms with Crippen molar-refractivity contribution in [3.05, 3.63) is 104 Å². The number of rotatable bonds is 5. The fourth-order valence-electron chi connectivity index (χ4n) is 7.00. The minimum Gasteiger partial charge on any atom is -1.00 e. The summed E-state index contributed by atoms with van der Waals surface area (Å²) in [4.78, 5) is 0. The predicted octanol–water partition coefficient (Wildman–Crippen LogP) is -0.680.